The average Bonchev–Trinajstić information content (AvgIpc) is 2.90. The van der Waals surface area contributed by atoms with Crippen LogP contribution in [-0.4, -0.2) is 43.6 Å². The Labute approximate surface area is 118 Å². The van der Waals surface area contributed by atoms with Crippen molar-refractivity contribution in [1.29, 1.82) is 0 Å². The van der Waals surface area contributed by atoms with Crippen LogP contribution < -0.4 is 10.1 Å². The second-order valence-electron chi connectivity index (χ2n) is 4.99. The van der Waals surface area contributed by atoms with E-state index in [1.165, 1.54) is 12.1 Å². The second-order valence-corrected chi connectivity index (χ2v) is 4.99. The van der Waals surface area contributed by atoms with Gasteiger partial charge in [-0.05, 0) is 44.2 Å². The largest absolute Gasteiger partial charge is 0.493 e. The lowest BCUT2D eigenvalue weighted by atomic mass is 10.2. The molecule has 1 aliphatic rings. The van der Waals surface area contributed by atoms with E-state index in [-0.39, 0.29) is 11.7 Å². The highest BCUT2D eigenvalue weighted by molar-refractivity contribution is 5.77. The molecule has 1 N–H and O–H groups in total. The minimum absolute atomic E-state index is 0.130. The maximum atomic E-state index is 12.7. The topological polar surface area (TPSA) is 41.6 Å². The number of likely N-dealkylation sites (N-methyl/N-ethyl adjacent to an activating group) is 1. The standard InChI is InChI=1S/C15H21FN2O2/c1-17-11-13-3-2-9-18(13)15(19)8-10-20-14-6-4-12(16)5-7-14/h4-7,13,17H,2-3,8-11H2,1H3. The number of ether oxygens (including phenoxy) is 1. The molecule has 20 heavy (non-hydrogen) atoms. The van der Waals surface area contributed by atoms with E-state index in [4.69, 9.17) is 4.74 Å². The molecule has 1 unspecified atom stereocenters. The molecule has 0 aliphatic carbocycles. The summed E-state index contributed by atoms with van der Waals surface area (Å²) in [4.78, 5) is 14.1. The quantitative estimate of drug-likeness (QED) is 0.864. The van der Waals surface area contributed by atoms with Crippen molar-refractivity contribution in [1.82, 2.24) is 10.2 Å². The SMILES string of the molecule is CNCC1CCCN1C(=O)CCOc1ccc(F)cc1. The van der Waals surface area contributed by atoms with E-state index in [1.54, 1.807) is 12.1 Å². The molecule has 0 radical (unpaired) electrons. The van der Waals surface area contributed by atoms with E-state index in [1.807, 2.05) is 11.9 Å². The number of nitrogens with zero attached hydrogens (tertiary/aromatic N) is 1. The zero-order chi connectivity index (χ0) is 14.4. The second kappa shape index (κ2) is 7.24. The molecule has 0 saturated carbocycles. The van der Waals surface area contributed by atoms with Crippen LogP contribution in [0.3, 0.4) is 0 Å². The molecule has 4 nitrogen and oxygen atoms in total. The molecule has 0 bridgehead atoms. The number of carbonyl (C=O) groups excluding carboxylic acids is 1. The van der Waals surface area contributed by atoms with Gasteiger partial charge >= 0.3 is 0 Å². The van der Waals surface area contributed by atoms with Gasteiger partial charge in [0.25, 0.3) is 0 Å². The van der Waals surface area contributed by atoms with Crippen LogP contribution in [0.5, 0.6) is 5.75 Å². The van der Waals surface area contributed by atoms with Crippen LogP contribution in [0.15, 0.2) is 24.3 Å². The number of halogens is 1. The van der Waals surface area contributed by atoms with Crippen LogP contribution in [0.4, 0.5) is 4.39 Å². The van der Waals surface area contributed by atoms with Crippen molar-refractivity contribution in [3.8, 4) is 5.75 Å². The third-order valence-corrected chi connectivity index (χ3v) is 3.54. The molecule has 1 aromatic rings. The van der Waals surface area contributed by atoms with Crippen molar-refractivity contribution in [3.63, 3.8) is 0 Å². The van der Waals surface area contributed by atoms with Crippen molar-refractivity contribution in [2.45, 2.75) is 25.3 Å². The first kappa shape index (κ1) is 14.8. The number of nitrogens with one attached hydrogen (secondary N) is 1. The number of hydrogen-bond acceptors (Lipinski definition) is 3. The maximum Gasteiger partial charge on any atom is 0.226 e. The van der Waals surface area contributed by atoms with E-state index < -0.39 is 0 Å². The van der Waals surface area contributed by atoms with Gasteiger partial charge in [-0.1, -0.05) is 0 Å². The van der Waals surface area contributed by atoms with Gasteiger partial charge in [0.05, 0.1) is 13.0 Å². The monoisotopic (exact) mass is 280 g/mol. The number of hydrogen-bond donors (Lipinski definition) is 1. The van der Waals surface area contributed by atoms with E-state index in [9.17, 15) is 9.18 Å². The minimum Gasteiger partial charge on any atom is -0.493 e. The first-order valence-corrected chi connectivity index (χ1v) is 7.03. The number of rotatable bonds is 6. The molecular weight excluding hydrogens is 259 g/mol. The summed E-state index contributed by atoms with van der Waals surface area (Å²) in [7, 11) is 1.90. The predicted molar refractivity (Wildman–Crippen MR) is 75.2 cm³/mol. The van der Waals surface area contributed by atoms with Gasteiger partial charge in [0.15, 0.2) is 0 Å². The van der Waals surface area contributed by atoms with Crippen molar-refractivity contribution in [2.24, 2.45) is 0 Å². The summed E-state index contributed by atoms with van der Waals surface area (Å²) >= 11 is 0. The van der Waals surface area contributed by atoms with Crippen LogP contribution in [0.2, 0.25) is 0 Å². The van der Waals surface area contributed by atoms with E-state index in [2.05, 4.69) is 5.32 Å². The van der Waals surface area contributed by atoms with Gasteiger partial charge in [0, 0.05) is 19.1 Å². The Morgan fingerprint density at radius 3 is 2.90 bits per heavy atom. The smallest absolute Gasteiger partial charge is 0.226 e. The lowest BCUT2D eigenvalue weighted by molar-refractivity contribution is -0.132. The molecule has 1 fully saturated rings. The molecule has 1 heterocycles. The Morgan fingerprint density at radius 1 is 1.45 bits per heavy atom. The molecule has 1 aromatic carbocycles. The van der Waals surface area contributed by atoms with Gasteiger partial charge in [-0.2, -0.15) is 0 Å². The normalized spacial score (nSPS) is 18.3. The van der Waals surface area contributed by atoms with Crippen molar-refractivity contribution >= 4 is 5.91 Å². The highest BCUT2D eigenvalue weighted by Crippen LogP contribution is 2.18. The Hall–Kier alpha value is -1.62. The molecule has 110 valence electrons. The fourth-order valence-electron chi connectivity index (χ4n) is 2.54. The van der Waals surface area contributed by atoms with Crippen LogP contribution in [0.25, 0.3) is 0 Å². The predicted octanol–water partition coefficient (Wildman–Crippen LogP) is 1.80. The van der Waals surface area contributed by atoms with E-state index >= 15 is 0 Å². The summed E-state index contributed by atoms with van der Waals surface area (Å²) in [5, 5.41) is 3.12. The van der Waals surface area contributed by atoms with Crippen LogP contribution in [0.1, 0.15) is 19.3 Å². The lowest BCUT2D eigenvalue weighted by Gasteiger charge is -2.24. The Morgan fingerprint density at radius 2 is 2.20 bits per heavy atom. The molecule has 1 atom stereocenters. The summed E-state index contributed by atoms with van der Waals surface area (Å²) in [6.07, 6.45) is 2.49. The lowest BCUT2D eigenvalue weighted by Crippen LogP contribution is -2.41. The zero-order valence-corrected chi connectivity index (χ0v) is 11.8. The number of benzene rings is 1. The summed E-state index contributed by atoms with van der Waals surface area (Å²) in [6.45, 7) is 2.00. The van der Waals surface area contributed by atoms with Gasteiger partial charge in [0.2, 0.25) is 5.91 Å². The van der Waals surface area contributed by atoms with Gasteiger partial charge < -0.3 is 15.0 Å². The Balaban J connectivity index is 1.76. The van der Waals surface area contributed by atoms with Gasteiger partial charge in [-0.15, -0.1) is 0 Å². The number of carbonyl (C=O) groups is 1. The minimum atomic E-state index is -0.291. The van der Waals surface area contributed by atoms with Crippen molar-refractivity contribution in [3.05, 3.63) is 30.1 Å². The van der Waals surface area contributed by atoms with Crippen LogP contribution in [0, 0.1) is 5.82 Å². The molecule has 0 spiro atoms. The highest BCUT2D eigenvalue weighted by atomic mass is 19.1. The molecule has 1 aliphatic heterocycles. The zero-order valence-electron chi connectivity index (χ0n) is 11.8. The van der Waals surface area contributed by atoms with Crippen molar-refractivity contribution < 1.29 is 13.9 Å². The maximum absolute atomic E-state index is 12.7. The molecule has 2 rings (SSSR count). The Bertz CT molecular complexity index is 436. The first-order chi connectivity index (χ1) is 9.70. The molecule has 1 amide bonds. The number of likely N-dealkylation sites (tertiary alicyclic amines) is 1. The molecule has 5 heteroatoms. The Kier molecular flexibility index (Phi) is 5.35. The van der Waals surface area contributed by atoms with Crippen LogP contribution >= 0.6 is 0 Å². The average molecular weight is 280 g/mol. The molecular formula is C15H21FN2O2. The fourth-order valence-corrected chi connectivity index (χ4v) is 2.54. The van der Waals surface area contributed by atoms with Gasteiger partial charge in [-0.25, -0.2) is 4.39 Å². The van der Waals surface area contributed by atoms with Gasteiger partial charge in [0.1, 0.15) is 11.6 Å². The highest BCUT2D eigenvalue weighted by Gasteiger charge is 2.27. The fraction of sp³-hybridized carbons (Fsp3) is 0.533. The third kappa shape index (κ3) is 3.93. The first-order valence-electron chi connectivity index (χ1n) is 7.03. The summed E-state index contributed by atoms with van der Waals surface area (Å²) in [5.74, 6) is 0.428. The summed E-state index contributed by atoms with van der Waals surface area (Å²) in [6, 6.07) is 6.14. The van der Waals surface area contributed by atoms with Gasteiger partial charge in [-0.3, -0.25) is 4.79 Å². The van der Waals surface area contributed by atoms with Crippen molar-refractivity contribution in [2.75, 3.05) is 26.7 Å². The number of amides is 1. The van der Waals surface area contributed by atoms with E-state index in [0.717, 1.165) is 25.9 Å². The molecule has 1 saturated heterocycles. The van der Waals surface area contributed by atoms with Crippen LogP contribution in [-0.2, 0) is 4.79 Å². The van der Waals surface area contributed by atoms with E-state index in [0.29, 0.717) is 24.8 Å². The summed E-state index contributed by atoms with van der Waals surface area (Å²) in [5.41, 5.74) is 0. The third-order valence-electron chi connectivity index (χ3n) is 3.54. The molecule has 0 aromatic heterocycles. The summed E-state index contributed by atoms with van der Waals surface area (Å²) < 4.78 is 18.2.